The fourth-order valence-corrected chi connectivity index (χ4v) is 8.96. The second-order valence-corrected chi connectivity index (χ2v) is 17.4. The third kappa shape index (κ3) is 10.7. The molecule has 2 saturated heterocycles. The Bertz CT molecular complexity index is 3120. The van der Waals surface area contributed by atoms with Crippen LogP contribution < -0.4 is 31.6 Å². The van der Waals surface area contributed by atoms with E-state index in [-0.39, 0.29) is 66.5 Å². The minimum absolute atomic E-state index is 0.00540. The molecule has 4 aromatic heterocycles. The van der Waals surface area contributed by atoms with Crippen molar-refractivity contribution in [1.29, 1.82) is 0 Å². The van der Waals surface area contributed by atoms with E-state index in [1.165, 1.54) is 31.4 Å². The number of aliphatic hydroxyl groups is 1. The van der Waals surface area contributed by atoms with Gasteiger partial charge in [0.05, 0.1) is 35.6 Å². The summed E-state index contributed by atoms with van der Waals surface area (Å²) in [4.78, 5) is 78.9. The second-order valence-electron chi connectivity index (χ2n) is 17.4. The third-order valence-electron chi connectivity index (χ3n) is 12.6. The number of ether oxygens (including phenoxy) is 2. The van der Waals surface area contributed by atoms with Gasteiger partial charge in [-0.25, -0.2) is 14.8 Å². The molecule has 0 unspecified atom stereocenters. The normalized spacial score (nSPS) is 14.5. The van der Waals surface area contributed by atoms with Gasteiger partial charge in [0.2, 0.25) is 23.7 Å². The van der Waals surface area contributed by atoms with Crippen LogP contribution in [0.2, 0.25) is 0 Å². The topological polar surface area (TPSA) is 278 Å². The number of nitrogens with one attached hydrogen (secondary N) is 2. The van der Waals surface area contributed by atoms with Gasteiger partial charge in [0, 0.05) is 69.4 Å². The number of aromatic nitrogens is 8. The van der Waals surface area contributed by atoms with Gasteiger partial charge in [0.25, 0.3) is 11.8 Å². The van der Waals surface area contributed by atoms with Crippen molar-refractivity contribution >= 4 is 63.6 Å². The first-order chi connectivity index (χ1) is 34.1. The number of hydrogen-bond donors (Lipinski definition) is 5. The first-order valence-corrected chi connectivity index (χ1v) is 23.6. The van der Waals surface area contributed by atoms with Crippen molar-refractivity contribution in [2.75, 3.05) is 50.5 Å². The number of primary amides is 2. The Balaban J connectivity index is 1.09. The van der Waals surface area contributed by atoms with Crippen molar-refractivity contribution in [3.8, 4) is 23.3 Å². The van der Waals surface area contributed by atoms with E-state index >= 15 is 0 Å². The van der Waals surface area contributed by atoms with Crippen LogP contribution in [-0.2, 0) is 26.2 Å². The predicted octanol–water partition coefficient (Wildman–Crippen LogP) is 4.07. The zero-order chi connectivity index (χ0) is 50.5. The predicted molar refractivity (Wildman–Crippen MR) is 263 cm³/mol. The van der Waals surface area contributed by atoms with Gasteiger partial charge in [0.1, 0.15) is 40.5 Å². The highest BCUT2D eigenvalue weighted by molar-refractivity contribution is 6.05. The second kappa shape index (κ2) is 21.2. The lowest BCUT2D eigenvalue weighted by Gasteiger charge is -2.37. The minimum Gasteiger partial charge on any atom is -0.494 e. The van der Waals surface area contributed by atoms with Gasteiger partial charge < -0.3 is 45.0 Å². The Kier molecular flexibility index (Phi) is 14.7. The van der Waals surface area contributed by atoms with Crippen molar-refractivity contribution in [3.05, 3.63) is 82.5 Å². The lowest BCUT2D eigenvalue weighted by molar-refractivity contribution is 0.0773. The molecule has 8 rings (SSSR count). The van der Waals surface area contributed by atoms with Crippen LogP contribution in [0.1, 0.15) is 92.6 Å². The fraction of sp³-hybridized carbons (Fsp3) is 0.408. The number of allylic oxidation sites excluding steroid dienone is 2. The molecule has 372 valence electrons. The smallest absolute Gasteiger partial charge is 0.320 e. The third-order valence-corrected chi connectivity index (χ3v) is 12.6. The van der Waals surface area contributed by atoms with Crippen molar-refractivity contribution in [3.63, 3.8) is 0 Å². The lowest BCUT2D eigenvalue weighted by Crippen LogP contribution is -2.49. The number of aryl methyl sites for hydroxylation is 4. The largest absolute Gasteiger partial charge is 0.494 e. The number of carbonyl (C=O) groups excluding carboxylic acids is 5. The van der Waals surface area contributed by atoms with Crippen LogP contribution in [0.4, 0.5) is 16.7 Å². The van der Waals surface area contributed by atoms with Gasteiger partial charge >= 0.3 is 6.03 Å². The van der Waals surface area contributed by atoms with Gasteiger partial charge in [-0.1, -0.05) is 24.0 Å². The molecule has 6 aromatic rings. The maximum atomic E-state index is 13.9. The van der Waals surface area contributed by atoms with Gasteiger partial charge in [-0.05, 0) is 89.8 Å². The molecule has 0 radical (unpaired) electrons. The molecule has 22 heteroatoms. The molecule has 0 bridgehead atoms. The number of nitrogens with zero attached hydrogens (tertiary/aromatic N) is 10. The number of likely N-dealkylation sites (tertiary alicyclic amines) is 2. The molecule has 2 aliphatic rings. The van der Waals surface area contributed by atoms with Crippen LogP contribution in [0.15, 0.2) is 48.6 Å². The summed E-state index contributed by atoms with van der Waals surface area (Å²) in [6, 6.07) is 9.43. The number of imidazole rings is 2. The number of carbonyl (C=O) groups is 5. The molecule has 71 heavy (non-hydrogen) atoms. The number of fused-ring (bicyclic) bond motifs is 2. The maximum Gasteiger partial charge on any atom is 0.320 e. The van der Waals surface area contributed by atoms with E-state index in [2.05, 4.69) is 32.7 Å². The quantitative estimate of drug-likeness (QED) is 0.0720. The molecule has 7 N–H and O–H groups in total. The van der Waals surface area contributed by atoms with Crippen molar-refractivity contribution < 1.29 is 38.6 Å². The van der Waals surface area contributed by atoms with E-state index in [1.54, 1.807) is 49.4 Å². The number of rotatable bonds is 15. The molecular weight excluding hydrogens is 913 g/mol. The van der Waals surface area contributed by atoms with E-state index in [0.29, 0.717) is 116 Å². The molecule has 22 nitrogen and oxygen atoms in total. The molecule has 0 atom stereocenters. The van der Waals surface area contributed by atoms with E-state index in [9.17, 15) is 29.1 Å². The molecule has 0 aliphatic carbocycles. The van der Waals surface area contributed by atoms with Crippen LogP contribution in [0.5, 0.6) is 11.5 Å². The monoisotopic (exact) mass is 970 g/mol. The van der Waals surface area contributed by atoms with Gasteiger partial charge in [0.15, 0.2) is 0 Å². The Morgan fingerprint density at radius 3 is 1.65 bits per heavy atom. The van der Waals surface area contributed by atoms with Crippen LogP contribution >= 0.6 is 0 Å². The highest BCUT2D eigenvalue weighted by Crippen LogP contribution is 2.33. The summed E-state index contributed by atoms with van der Waals surface area (Å²) in [5, 5.41) is 24.6. The summed E-state index contributed by atoms with van der Waals surface area (Å²) in [5.74, 6) is 4.99. The highest BCUT2D eigenvalue weighted by atomic mass is 16.5. The Morgan fingerprint density at radius 1 is 0.718 bits per heavy atom. The number of piperidine rings is 2. The minimum atomic E-state index is -0.713. The van der Waals surface area contributed by atoms with Crippen LogP contribution in [0.25, 0.3) is 22.1 Å². The molecule has 2 fully saturated rings. The molecule has 2 aliphatic heterocycles. The first kappa shape index (κ1) is 49.2. The average molecular weight is 971 g/mol. The number of benzene rings is 2. The summed E-state index contributed by atoms with van der Waals surface area (Å²) in [7, 11) is 1.45. The molecule has 6 heterocycles. The maximum absolute atomic E-state index is 13.9. The van der Waals surface area contributed by atoms with E-state index in [1.807, 2.05) is 30.9 Å². The number of anilines is 2. The van der Waals surface area contributed by atoms with Crippen molar-refractivity contribution in [2.24, 2.45) is 17.4 Å². The van der Waals surface area contributed by atoms with Crippen molar-refractivity contribution in [2.45, 2.75) is 85.7 Å². The zero-order valence-electron chi connectivity index (χ0n) is 40.4. The molecule has 2 aromatic carbocycles. The lowest BCUT2D eigenvalue weighted by atomic mass is 9.97. The van der Waals surface area contributed by atoms with Gasteiger partial charge in [-0.2, -0.15) is 10.2 Å². The number of hydrogen-bond acceptors (Lipinski definition) is 12. The number of methoxy groups -OCH3 is 1. The van der Waals surface area contributed by atoms with Gasteiger partial charge in [-0.15, -0.1) is 0 Å². The number of urea groups is 1. The standard InChI is InChI=1S/C49H58N14O8/c1-6-62-37(23-29(3)56-62)45(67)54-47-52-35-25-32(43(50)65)27-39(70-5)41(35)60(47)16-8-9-17-61-42-36(53-48(61)55-46(68)38-24-30(4)57-63(38)7-2)26-33(44(51)66)28-40(42)71-22-10-11-31-12-18-58(19-13-31)49(69)59-20-14-34(64)15-21-59/h8-9,23-28,31,34,64H,6-7,12-22H2,1-5H3,(H2,50,65)(H2,51,66)(H,52,54,67)(H,53,55,68)/b9-8+. The number of aliphatic hydroxyl groups excluding tert-OH is 1. The highest BCUT2D eigenvalue weighted by Gasteiger charge is 2.29. The summed E-state index contributed by atoms with van der Waals surface area (Å²) in [6.45, 7) is 10.7. The molecule has 0 saturated carbocycles. The SMILES string of the molecule is CCn1nc(C)cc1C(=O)Nc1nc2cc(C(N)=O)cc(OC)c2n1C/C=C/Cn1c(NC(=O)c2cc(C)nn2CC)nc2cc(C(N)=O)cc(OCC#CC3CCN(C(=O)N4CCC(O)CC4)CC3)c21. The molecular formula is C49H58N14O8. The molecule has 0 spiro atoms. The Morgan fingerprint density at radius 2 is 1.18 bits per heavy atom. The number of nitrogens with two attached hydrogens (primary N) is 2. The summed E-state index contributed by atoms with van der Waals surface area (Å²) < 4.78 is 18.7. The van der Waals surface area contributed by atoms with Crippen molar-refractivity contribution in [1.82, 2.24) is 48.5 Å². The number of amides is 6. The summed E-state index contributed by atoms with van der Waals surface area (Å²) in [5.41, 5.74) is 15.3. The first-order valence-electron chi connectivity index (χ1n) is 23.6. The summed E-state index contributed by atoms with van der Waals surface area (Å²) in [6.07, 6.45) is 5.85. The fourth-order valence-electron chi connectivity index (χ4n) is 8.96. The van der Waals surface area contributed by atoms with Crippen LogP contribution in [0, 0.1) is 31.6 Å². The van der Waals surface area contributed by atoms with E-state index in [0.717, 1.165) is 0 Å². The zero-order valence-corrected chi connectivity index (χ0v) is 40.4. The van der Waals surface area contributed by atoms with E-state index < -0.39 is 23.6 Å². The Labute approximate surface area is 408 Å². The Hall–Kier alpha value is -8.19. The van der Waals surface area contributed by atoms with E-state index in [4.69, 9.17) is 30.9 Å². The van der Waals surface area contributed by atoms with Gasteiger partial charge in [-0.3, -0.25) is 39.2 Å². The summed E-state index contributed by atoms with van der Waals surface area (Å²) >= 11 is 0. The molecule has 6 amide bonds. The van der Waals surface area contributed by atoms with Crippen LogP contribution in [0.3, 0.4) is 0 Å². The average Bonchev–Trinajstić information content (AvgIpc) is 4.13. The van der Waals surface area contributed by atoms with Crippen LogP contribution in [-0.4, -0.2) is 129 Å².